The number of rotatable bonds is 5. The summed E-state index contributed by atoms with van der Waals surface area (Å²) in [6, 6.07) is 4.06. The van der Waals surface area contributed by atoms with Gasteiger partial charge in [-0.1, -0.05) is 0 Å². The van der Waals surface area contributed by atoms with Crippen molar-refractivity contribution in [2.45, 2.75) is 6.18 Å². The highest BCUT2D eigenvalue weighted by atomic mass is 19.4. The number of pyridine rings is 1. The molecule has 0 unspecified atom stereocenters. The molecule has 0 amide bonds. The van der Waals surface area contributed by atoms with Crippen LogP contribution in [-0.4, -0.2) is 72.1 Å². The van der Waals surface area contributed by atoms with E-state index in [1.54, 1.807) is 25.5 Å². The van der Waals surface area contributed by atoms with Crippen LogP contribution in [0.2, 0.25) is 0 Å². The summed E-state index contributed by atoms with van der Waals surface area (Å²) < 4.78 is 39.0. The van der Waals surface area contributed by atoms with Crippen molar-refractivity contribution < 1.29 is 13.2 Å². The van der Waals surface area contributed by atoms with Crippen LogP contribution < -0.4 is 15.5 Å². The van der Waals surface area contributed by atoms with Gasteiger partial charge in [-0.3, -0.25) is 4.99 Å². The number of anilines is 2. The fraction of sp³-hybridized carbons (Fsp3) is 0.444. The van der Waals surface area contributed by atoms with Crippen molar-refractivity contribution in [2.24, 2.45) is 4.99 Å². The lowest BCUT2D eigenvalue weighted by molar-refractivity contribution is -0.137. The molecule has 1 saturated heterocycles. The van der Waals surface area contributed by atoms with Crippen LogP contribution >= 0.6 is 0 Å². The molecule has 1 aliphatic rings. The normalized spacial score (nSPS) is 15.4. The van der Waals surface area contributed by atoms with Gasteiger partial charge in [0.25, 0.3) is 0 Å². The van der Waals surface area contributed by atoms with E-state index in [4.69, 9.17) is 0 Å². The minimum Gasteiger partial charge on any atom is -0.368 e. The molecule has 3 rings (SSSR count). The quantitative estimate of drug-likeness (QED) is 0.443. The zero-order valence-electron chi connectivity index (χ0n) is 16.0. The standard InChI is InChI=1S/C18H23F3N8/c1-22-16(28-10-12-29(13-11-28)17-25-6-3-7-26-17)27-9-8-24-15-14(18(19,20)21)4-2-5-23-15/h2-7H,8-13H2,1H3,(H,22,27)(H,23,24). The van der Waals surface area contributed by atoms with E-state index in [0.29, 0.717) is 18.5 Å². The molecule has 1 fully saturated rings. The second kappa shape index (κ2) is 9.39. The van der Waals surface area contributed by atoms with Crippen molar-refractivity contribution >= 4 is 17.7 Å². The van der Waals surface area contributed by atoms with Crippen molar-refractivity contribution in [1.82, 2.24) is 25.2 Å². The van der Waals surface area contributed by atoms with Crippen molar-refractivity contribution in [1.29, 1.82) is 0 Å². The van der Waals surface area contributed by atoms with Gasteiger partial charge < -0.3 is 20.4 Å². The summed E-state index contributed by atoms with van der Waals surface area (Å²) in [4.78, 5) is 20.8. The highest BCUT2D eigenvalue weighted by Gasteiger charge is 2.33. The molecular weight excluding hydrogens is 385 g/mol. The fourth-order valence-corrected chi connectivity index (χ4v) is 3.04. The summed E-state index contributed by atoms with van der Waals surface area (Å²) in [6.07, 6.45) is 0.323. The maximum absolute atomic E-state index is 13.0. The summed E-state index contributed by atoms with van der Waals surface area (Å²) in [7, 11) is 1.68. The maximum atomic E-state index is 13.0. The number of nitrogens with one attached hydrogen (secondary N) is 2. The van der Waals surface area contributed by atoms with Gasteiger partial charge in [0.1, 0.15) is 5.82 Å². The van der Waals surface area contributed by atoms with Gasteiger partial charge in [-0.2, -0.15) is 13.2 Å². The van der Waals surface area contributed by atoms with Crippen LogP contribution in [0.4, 0.5) is 24.9 Å². The van der Waals surface area contributed by atoms with E-state index in [1.807, 2.05) is 0 Å². The van der Waals surface area contributed by atoms with Gasteiger partial charge in [-0.15, -0.1) is 0 Å². The Balaban J connectivity index is 1.46. The zero-order chi connectivity index (χ0) is 20.7. The van der Waals surface area contributed by atoms with E-state index in [0.717, 1.165) is 32.2 Å². The van der Waals surface area contributed by atoms with Gasteiger partial charge in [-0.25, -0.2) is 15.0 Å². The molecule has 8 nitrogen and oxygen atoms in total. The first-order chi connectivity index (χ1) is 14.0. The van der Waals surface area contributed by atoms with E-state index >= 15 is 0 Å². The molecule has 1 aliphatic heterocycles. The topological polar surface area (TPSA) is 81.6 Å². The Morgan fingerprint density at radius 1 is 1.03 bits per heavy atom. The highest BCUT2D eigenvalue weighted by molar-refractivity contribution is 5.80. The number of aliphatic imine (C=N–C) groups is 1. The molecule has 0 aromatic carbocycles. The lowest BCUT2D eigenvalue weighted by atomic mass is 10.2. The molecule has 29 heavy (non-hydrogen) atoms. The molecule has 0 radical (unpaired) electrons. The summed E-state index contributed by atoms with van der Waals surface area (Å²) in [5, 5.41) is 5.92. The number of guanidine groups is 1. The first-order valence-corrected chi connectivity index (χ1v) is 9.22. The molecular formula is C18H23F3N8. The van der Waals surface area contributed by atoms with Gasteiger partial charge in [0, 0.05) is 64.9 Å². The van der Waals surface area contributed by atoms with Crippen molar-refractivity contribution in [3.63, 3.8) is 0 Å². The average Bonchev–Trinajstić information content (AvgIpc) is 2.74. The molecule has 3 heterocycles. The van der Waals surface area contributed by atoms with Gasteiger partial charge in [0.15, 0.2) is 5.96 Å². The lowest BCUT2D eigenvalue weighted by Crippen LogP contribution is -2.53. The van der Waals surface area contributed by atoms with Crippen LogP contribution in [0, 0.1) is 0 Å². The highest BCUT2D eigenvalue weighted by Crippen LogP contribution is 2.33. The predicted molar refractivity (Wildman–Crippen MR) is 105 cm³/mol. The predicted octanol–water partition coefficient (Wildman–Crippen LogP) is 1.70. The van der Waals surface area contributed by atoms with E-state index in [9.17, 15) is 13.2 Å². The SMILES string of the molecule is CN=C(NCCNc1ncccc1C(F)(F)F)N1CCN(c2ncccn2)CC1. The first kappa shape index (κ1) is 20.6. The van der Waals surface area contributed by atoms with Crippen LogP contribution in [0.25, 0.3) is 0 Å². The van der Waals surface area contributed by atoms with E-state index in [-0.39, 0.29) is 12.4 Å². The maximum Gasteiger partial charge on any atom is 0.419 e. The Kier molecular flexibility index (Phi) is 6.68. The van der Waals surface area contributed by atoms with Gasteiger partial charge >= 0.3 is 6.18 Å². The molecule has 0 saturated carbocycles. The lowest BCUT2D eigenvalue weighted by Gasteiger charge is -2.36. The van der Waals surface area contributed by atoms with Crippen molar-refractivity contribution in [3.05, 3.63) is 42.4 Å². The minimum absolute atomic E-state index is 0.173. The number of hydrogen-bond donors (Lipinski definition) is 2. The molecule has 2 N–H and O–H groups in total. The fourth-order valence-electron chi connectivity index (χ4n) is 3.04. The zero-order valence-corrected chi connectivity index (χ0v) is 16.0. The summed E-state index contributed by atoms with van der Waals surface area (Å²) in [5.41, 5.74) is -0.774. The molecule has 0 bridgehead atoms. The van der Waals surface area contributed by atoms with Gasteiger partial charge in [-0.05, 0) is 18.2 Å². The third-order valence-electron chi connectivity index (χ3n) is 4.44. The number of hydrogen-bond acceptors (Lipinski definition) is 6. The van der Waals surface area contributed by atoms with E-state index in [1.165, 1.54) is 12.3 Å². The smallest absolute Gasteiger partial charge is 0.368 e. The Bertz CT molecular complexity index is 804. The first-order valence-electron chi connectivity index (χ1n) is 9.22. The second-order valence-electron chi connectivity index (χ2n) is 6.32. The number of alkyl halides is 3. The molecule has 11 heteroatoms. The Hall–Kier alpha value is -3.11. The second-order valence-corrected chi connectivity index (χ2v) is 6.32. The molecule has 0 spiro atoms. The molecule has 2 aromatic heterocycles. The molecule has 0 atom stereocenters. The van der Waals surface area contributed by atoms with Crippen LogP contribution in [-0.2, 0) is 6.18 Å². The van der Waals surface area contributed by atoms with Crippen LogP contribution in [0.5, 0.6) is 0 Å². The number of piperazine rings is 1. The van der Waals surface area contributed by atoms with Gasteiger partial charge in [0.2, 0.25) is 5.95 Å². The van der Waals surface area contributed by atoms with Gasteiger partial charge in [0.05, 0.1) is 5.56 Å². The van der Waals surface area contributed by atoms with Crippen LogP contribution in [0.15, 0.2) is 41.8 Å². The van der Waals surface area contributed by atoms with Crippen molar-refractivity contribution in [3.8, 4) is 0 Å². The third kappa shape index (κ3) is 5.46. The Labute approximate surface area is 166 Å². The van der Waals surface area contributed by atoms with Crippen molar-refractivity contribution in [2.75, 3.05) is 56.5 Å². The summed E-state index contributed by atoms with van der Waals surface area (Å²) >= 11 is 0. The largest absolute Gasteiger partial charge is 0.419 e. The molecule has 2 aromatic rings. The number of aromatic nitrogens is 3. The number of nitrogens with zero attached hydrogens (tertiary/aromatic N) is 6. The third-order valence-corrected chi connectivity index (χ3v) is 4.44. The van der Waals surface area contributed by atoms with Crippen LogP contribution in [0.3, 0.4) is 0 Å². The molecule has 156 valence electrons. The Morgan fingerprint density at radius 3 is 2.38 bits per heavy atom. The summed E-state index contributed by atoms with van der Waals surface area (Å²) in [6.45, 7) is 3.67. The Morgan fingerprint density at radius 2 is 1.72 bits per heavy atom. The van der Waals surface area contributed by atoms with E-state index in [2.05, 4.69) is 40.4 Å². The van der Waals surface area contributed by atoms with E-state index < -0.39 is 11.7 Å². The average molecular weight is 408 g/mol. The monoisotopic (exact) mass is 408 g/mol. The summed E-state index contributed by atoms with van der Waals surface area (Å²) in [5.74, 6) is 1.24. The minimum atomic E-state index is -4.44. The van der Waals surface area contributed by atoms with Crippen LogP contribution in [0.1, 0.15) is 5.56 Å². The molecule has 0 aliphatic carbocycles. The number of halogens is 3.